The maximum atomic E-state index is 6.41. The van der Waals surface area contributed by atoms with Crippen LogP contribution in [0.15, 0.2) is 36.4 Å². The van der Waals surface area contributed by atoms with Gasteiger partial charge in [-0.3, -0.25) is 0 Å². The molecule has 2 aliphatic rings. The molecule has 28 heavy (non-hydrogen) atoms. The van der Waals surface area contributed by atoms with Crippen LogP contribution in [0.5, 0.6) is 17.2 Å². The molecule has 0 amide bonds. The molecule has 2 aromatic carbocycles. The van der Waals surface area contributed by atoms with Crippen LogP contribution < -0.4 is 14.2 Å². The maximum absolute atomic E-state index is 6.41. The minimum absolute atomic E-state index is 0.00554. The van der Waals surface area contributed by atoms with E-state index in [-0.39, 0.29) is 20.8 Å². The summed E-state index contributed by atoms with van der Waals surface area (Å²) in [6, 6.07) is 12.6. The number of fused-ring (bicyclic) bond motifs is 4. The molecule has 0 spiro atoms. The average Bonchev–Trinajstić information content (AvgIpc) is 3.19. The SMILES string of the molecule is COc1cc2c(cc1OC1CCc3ccccc3C1)OC(C)(C)c1[se]nnc1-2. The molecule has 5 nitrogen and oxygen atoms in total. The van der Waals surface area contributed by atoms with Gasteiger partial charge in [0.05, 0.1) is 0 Å². The number of ether oxygens (including phenoxy) is 3. The molecule has 0 saturated carbocycles. The first kappa shape index (κ1) is 17.8. The number of rotatable bonds is 3. The molecule has 0 saturated heterocycles. The normalized spacial score (nSPS) is 19.0. The summed E-state index contributed by atoms with van der Waals surface area (Å²) < 4.78 is 23.8. The van der Waals surface area contributed by atoms with E-state index in [1.165, 1.54) is 15.6 Å². The summed E-state index contributed by atoms with van der Waals surface area (Å²) in [6.07, 6.45) is 3.07. The number of benzene rings is 2. The first-order valence-corrected chi connectivity index (χ1v) is 11.1. The van der Waals surface area contributed by atoms with Crippen LogP contribution in [0.2, 0.25) is 0 Å². The molecule has 1 aliphatic carbocycles. The van der Waals surface area contributed by atoms with Crippen molar-refractivity contribution in [2.45, 2.75) is 44.8 Å². The van der Waals surface area contributed by atoms with Gasteiger partial charge in [-0.05, 0) is 0 Å². The Balaban J connectivity index is 1.49. The third-order valence-corrected chi connectivity index (χ3v) is 7.68. The zero-order chi connectivity index (χ0) is 19.3. The van der Waals surface area contributed by atoms with Crippen molar-refractivity contribution in [3.63, 3.8) is 0 Å². The number of aromatic nitrogens is 2. The van der Waals surface area contributed by atoms with E-state index in [4.69, 9.17) is 14.2 Å². The van der Waals surface area contributed by atoms with Crippen LogP contribution in [0.4, 0.5) is 0 Å². The molecule has 0 N–H and O–H groups in total. The zero-order valence-corrected chi connectivity index (χ0v) is 17.9. The van der Waals surface area contributed by atoms with Gasteiger partial charge >= 0.3 is 164 Å². The number of nitrogens with zero attached hydrogens (tertiary/aromatic N) is 2. The number of aryl methyl sites for hydroxylation is 1. The van der Waals surface area contributed by atoms with Gasteiger partial charge in [0.25, 0.3) is 0 Å². The summed E-state index contributed by atoms with van der Waals surface area (Å²) in [5.74, 6) is 2.22. The summed E-state index contributed by atoms with van der Waals surface area (Å²) in [6.45, 7) is 4.15. The Labute approximate surface area is 170 Å². The van der Waals surface area contributed by atoms with Gasteiger partial charge in [0.2, 0.25) is 0 Å². The fourth-order valence-electron chi connectivity index (χ4n) is 4.09. The molecule has 0 radical (unpaired) electrons. The summed E-state index contributed by atoms with van der Waals surface area (Å²) in [5, 5.41) is 4.40. The van der Waals surface area contributed by atoms with Gasteiger partial charge in [-0.15, -0.1) is 0 Å². The van der Waals surface area contributed by atoms with Crippen molar-refractivity contribution in [1.82, 2.24) is 9.19 Å². The molecule has 144 valence electrons. The van der Waals surface area contributed by atoms with Gasteiger partial charge in [-0.1, -0.05) is 6.07 Å². The van der Waals surface area contributed by atoms with Crippen molar-refractivity contribution in [2.24, 2.45) is 0 Å². The second-order valence-electron chi connectivity index (χ2n) is 7.81. The van der Waals surface area contributed by atoms with Crippen molar-refractivity contribution in [1.29, 1.82) is 0 Å². The van der Waals surface area contributed by atoms with E-state index in [1.54, 1.807) is 7.11 Å². The molecule has 6 heteroatoms. The average molecular weight is 441 g/mol. The van der Waals surface area contributed by atoms with E-state index in [1.807, 2.05) is 12.1 Å². The van der Waals surface area contributed by atoms with Crippen molar-refractivity contribution >= 4 is 14.7 Å². The summed E-state index contributed by atoms with van der Waals surface area (Å²) in [5.41, 5.74) is 4.27. The second-order valence-corrected chi connectivity index (χ2v) is 9.40. The predicted octanol–water partition coefficient (Wildman–Crippen LogP) is 3.77. The van der Waals surface area contributed by atoms with Crippen LogP contribution >= 0.6 is 0 Å². The molecular formula is C22H22N2O3Se. The Kier molecular flexibility index (Phi) is 4.22. The van der Waals surface area contributed by atoms with Gasteiger partial charge in [-0.25, -0.2) is 0 Å². The third-order valence-electron chi connectivity index (χ3n) is 5.52. The Morgan fingerprint density at radius 1 is 1.14 bits per heavy atom. The Bertz CT molecular complexity index is 1040. The second kappa shape index (κ2) is 6.64. The van der Waals surface area contributed by atoms with Gasteiger partial charge < -0.3 is 0 Å². The Morgan fingerprint density at radius 2 is 1.96 bits per heavy atom. The molecule has 2 heterocycles. The van der Waals surface area contributed by atoms with E-state index in [9.17, 15) is 0 Å². The van der Waals surface area contributed by atoms with Crippen LogP contribution in [-0.4, -0.2) is 37.1 Å². The molecule has 0 bridgehead atoms. The zero-order valence-electron chi connectivity index (χ0n) is 16.2. The van der Waals surface area contributed by atoms with Crippen LogP contribution in [0.3, 0.4) is 0 Å². The monoisotopic (exact) mass is 442 g/mol. The quantitative estimate of drug-likeness (QED) is 0.580. The number of hydrogen-bond donors (Lipinski definition) is 0. The number of hydrogen-bond acceptors (Lipinski definition) is 5. The molecule has 1 atom stereocenters. The molecule has 5 rings (SSSR count). The van der Waals surface area contributed by atoms with Gasteiger partial charge in [0.1, 0.15) is 0 Å². The Morgan fingerprint density at radius 3 is 2.79 bits per heavy atom. The van der Waals surface area contributed by atoms with Crippen LogP contribution in [0.1, 0.15) is 35.8 Å². The van der Waals surface area contributed by atoms with Crippen molar-refractivity contribution in [2.75, 3.05) is 7.11 Å². The van der Waals surface area contributed by atoms with E-state index in [2.05, 4.69) is 47.3 Å². The standard InChI is InChI=1S/C22H22N2O3Se/c1-22(2)21-20(23-24-28-21)16-11-18(25-3)19(12-17(16)27-22)26-15-9-8-13-6-4-5-7-14(13)10-15/h4-7,11-12,15H,8-10H2,1-3H3. The first-order valence-electron chi connectivity index (χ1n) is 9.53. The van der Waals surface area contributed by atoms with Crippen LogP contribution in [0.25, 0.3) is 11.3 Å². The fourth-order valence-corrected chi connectivity index (χ4v) is 5.56. The van der Waals surface area contributed by atoms with E-state index < -0.39 is 5.60 Å². The van der Waals surface area contributed by atoms with Crippen molar-refractivity contribution in [3.8, 4) is 28.5 Å². The van der Waals surface area contributed by atoms with Gasteiger partial charge in [0.15, 0.2) is 0 Å². The topological polar surface area (TPSA) is 53.5 Å². The van der Waals surface area contributed by atoms with E-state index in [0.29, 0.717) is 5.75 Å². The van der Waals surface area contributed by atoms with Crippen LogP contribution in [-0.2, 0) is 18.4 Å². The van der Waals surface area contributed by atoms with E-state index in [0.717, 1.165) is 42.0 Å². The third kappa shape index (κ3) is 2.92. The number of methoxy groups -OCH3 is 1. The molecule has 1 unspecified atom stereocenters. The molecule has 1 aliphatic heterocycles. The fraction of sp³-hybridized carbons (Fsp3) is 0.364. The van der Waals surface area contributed by atoms with Crippen molar-refractivity contribution < 1.29 is 14.2 Å². The first-order chi connectivity index (χ1) is 13.5. The van der Waals surface area contributed by atoms with Crippen molar-refractivity contribution in [3.05, 3.63) is 52.0 Å². The van der Waals surface area contributed by atoms with Gasteiger partial charge in [0, 0.05) is 0 Å². The summed E-state index contributed by atoms with van der Waals surface area (Å²) in [7, 11) is 1.67. The molecule has 3 aromatic rings. The Hall–Kier alpha value is -2.30. The van der Waals surface area contributed by atoms with Gasteiger partial charge in [-0.2, -0.15) is 0 Å². The summed E-state index contributed by atoms with van der Waals surface area (Å²) in [4.78, 5) is 0. The minimum atomic E-state index is -0.401. The molecular weight excluding hydrogens is 419 g/mol. The predicted molar refractivity (Wildman–Crippen MR) is 107 cm³/mol. The molecule has 1 aromatic heterocycles. The van der Waals surface area contributed by atoms with E-state index >= 15 is 0 Å². The van der Waals surface area contributed by atoms with Crippen LogP contribution in [0, 0.1) is 0 Å². The summed E-state index contributed by atoms with van der Waals surface area (Å²) >= 11 is -0.00554. The molecule has 0 fully saturated rings.